The number of hydrogen-bond acceptors (Lipinski definition) is 2. The summed E-state index contributed by atoms with van der Waals surface area (Å²) in [4.78, 5) is 4.49. The standard InChI is InChI=1S/C15H24ClN3O.HI/c1-3-17-15(18-10-6-12-20-2)19-11-9-13-7-4-5-8-14(13)16;/h4-5,7-8H,3,6,9-12H2,1-2H3,(H2,17,18,19);1H. The first kappa shape index (κ1) is 20.5. The van der Waals surface area contributed by atoms with Gasteiger partial charge in [-0.1, -0.05) is 29.8 Å². The van der Waals surface area contributed by atoms with Crippen molar-refractivity contribution in [1.82, 2.24) is 10.6 Å². The van der Waals surface area contributed by atoms with Crippen LogP contribution in [-0.2, 0) is 11.2 Å². The Balaban J connectivity index is 0.00000400. The molecule has 0 fully saturated rings. The maximum Gasteiger partial charge on any atom is 0.191 e. The average Bonchev–Trinajstić information content (AvgIpc) is 2.45. The molecule has 6 heteroatoms. The Hall–Kier alpha value is -0.530. The molecule has 0 saturated heterocycles. The highest BCUT2D eigenvalue weighted by atomic mass is 127. The predicted molar refractivity (Wildman–Crippen MR) is 101 cm³/mol. The lowest BCUT2D eigenvalue weighted by atomic mass is 10.1. The normalized spacial score (nSPS) is 10.9. The fourth-order valence-corrected chi connectivity index (χ4v) is 1.99. The van der Waals surface area contributed by atoms with Crippen molar-refractivity contribution < 1.29 is 4.74 Å². The first-order valence-electron chi connectivity index (χ1n) is 7.02. The van der Waals surface area contributed by atoms with Crippen LogP contribution in [0.15, 0.2) is 29.3 Å². The Morgan fingerprint density at radius 2 is 2.05 bits per heavy atom. The van der Waals surface area contributed by atoms with Crippen molar-refractivity contribution >= 4 is 41.5 Å². The molecular weight excluding hydrogens is 401 g/mol. The van der Waals surface area contributed by atoms with Gasteiger partial charge in [-0.2, -0.15) is 0 Å². The third-order valence-electron chi connectivity index (χ3n) is 2.77. The van der Waals surface area contributed by atoms with Crippen molar-refractivity contribution in [2.45, 2.75) is 19.8 Å². The van der Waals surface area contributed by atoms with Gasteiger partial charge in [0.1, 0.15) is 0 Å². The molecule has 120 valence electrons. The van der Waals surface area contributed by atoms with E-state index in [1.807, 2.05) is 24.3 Å². The number of nitrogens with one attached hydrogen (secondary N) is 2. The van der Waals surface area contributed by atoms with Crippen molar-refractivity contribution in [3.05, 3.63) is 34.9 Å². The van der Waals surface area contributed by atoms with Crippen LogP contribution in [0, 0.1) is 0 Å². The zero-order valence-electron chi connectivity index (χ0n) is 12.7. The van der Waals surface area contributed by atoms with Crippen LogP contribution >= 0.6 is 35.6 Å². The molecule has 0 aromatic heterocycles. The summed E-state index contributed by atoms with van der Waals surface area (Å²) < 4.78 is 5.01. The van der Waals surface area contributed by atoms with E-state index in [1.54, 1.807) is 7.11 Å². The fourth-order valence-electron chi connectivity index (χ4n) is 1.76. The molecule has 2 N–H and O–H groups in total. The molecule has 0 unspecified atom stereocenters. The van der Waals surface area contributed by atoms with Crippen molar-refractivity contribution in [2.75, 3.05) is 33.4 Å². The summed E-state index contributed by atoms with van der Waals surface area (Å²) in [6.07, 6.45) is 1.81. The van der Waals surface area contributed by atoms with Crippen LogP contribution in [0.5, 0.6) is 0 Å². The number of halogens is 2. The minimum absolute atomic E-state index is 0. The number of nitrogens with zero attached hydrogens (tertiary/aromatic N) is 1. The number of rotatable bonds is 8. The summed E-state index contributed by atoms with van der Waals surface area (Å²) in [6.45, 7) is 5.21. The largest absolute Gasteiger partial charge is 0.385 e. The minimum Gasteiger partial charge on any atom is -0.385 e. The molecule has 0 spiro atoms. The molecule has 0 atom stereocenters. The monoisotopic (exact) mass is 425 g/mol. The van der Waals surface area contributed by atoms with E-state index >= 15 is 0 Å². The lowest BCUT2D eigenvalue weighted by Crippen LogP contribution is -2.38. The van der Waals surface area contributed by atoms with E-state index in [9.17, 15) is 0 Å². The lowest BCUT2D eigenvalue weighted by Gasteiger charge is -2.11. The van der Waals surface area contributed by atoms with Gasteiger partial charge in [-0.15, -0.1) is 24.0 Å². The maximum atomic E-state index is 6.13. The summed E-state index contributed by atoms with van der Waals surface area (Å²) in [6, 6.07) is 7.92. The third-order valence-corrected chi connectivity index (χ3v) is 3.13. The lowest BCUT2D eigenvalue weighted by molar-refractivity contribution is 0.197. The van der Waals surface area contributed by atoms with Crippen LogP contribution in [0.3, 0.4) is 0 Å². The topological polar surface area (TPSA) is 45.7 Å². The van der Waals surface area contributed by atoms with Crippen LogP contribution in [0.4, 0.5) is 0 Å². The van der Waals surface area contributed by atoms with E-state index < -0.39 is 0 Å². The van der Waals surface area contributed by atoms with Gasteiger partial charge in [-0.3, -0.25) is 4.99 Å². The SMILES string of the molecule is CCNC(=NCCCOC)NCCc1ccccc1Cl.I. The zero-order valence-corrected chi connectivity index (χ0v) is 15.8. The van der Waals surface area contributed by atoms with Gasteiger partial charge in [0.25, 0.3) is 0 Å². The molecule has 0 amide bonds. The molecule has 0 aliphatic heterocycles. The maximum absolute atomic E-state index is 6.13. The first-order valence-corrected chi connectivity index (χ1v) is 7.40. The second-order valence-corrected chi connectivity index (χ2v) is 4.78. The van der Waals surface area contributed by atoms with Gasteiger partial charge < -0.3 is 15.4 Å². The summed E-state index contributed by atoms with van der Waals surface area (Å²) in [5.74, 6) is 0.843. The Bertz CT molecular complexity index is 416. The van der Waals surface area contributed by atoms with E-state index in [-0.39, 0.29) is 24.0 Å². The summed E-state index contributed by atoms with van der Waals surface area (Å²) in [7, 11) is 1.71. The van der Waals surface area contributed by atoms with E-state index in [1.165, 1.54) is 0 Å². The van der Waals surface area contributed by atoms with Crippen molar-refractivity contribution in [2.24, 2.45) is 4.99 Å². The van der Waals surface area contributed by atoms with Crippen molar-refractivity contribution in [1.29, 1.82) is 0 Å². The van der Waals surface area contributed by atoms with Crippen LogP contribution in [0.1, 0.15) is 18.9 Å². The molecular formula is C15H25ClIN3O. The van der Waals surface area contributed by atoms with Crippen molar-refractivity contribution in [3.8, 4) is 0 Å². The quantitative estimate of drug-likeness (QED) is 0.291. The zero-order chi connectivity index (χ0) is 14.6. The molecule has 21 heavy (non-hydrogen) atoms. The van der Waals surface area contributed by atoms with Crippen LogP contribution in [-0.4, -0.2) is 39.3 Å². The molecule has 1 rings (SSSR count). The number of guanidine groups is 1. The van der Waals surface area contributed by atoms with Gasteiger partial charge in [0, 0.05) is 38.4 Å². The molecule has 0 aliphatic carbocycles. The number of aliphatic imine (C=N–C) groups is 1. The molecule has 1 aromatic carbocycles. The number of methoxy groups -OCH3 is 1. The highest BCUT2D eigenvalue weighted by molar-refractivity contribution is 14.0. The van der Waals surface area contributed by atoms with Gasteiger partial charge in [0.15, 0.2) is 5.96 Å². The smallest absolute Gasteiger partial charge is 0.191 e. The Kier molecular flexibility index (Phi) is 12.8. The van der Waals surface area contributed by atoms with Crippen LogP contribution in [0.25, 0.3) is 0 Å². The highest BCUT2D eigenvalue weighted by Gasteiger charge is 2.00. The molecule has 0 heterocycles. The minimum atomic E-state index is 0. The van der Waals surface area contributed by atoms with Crippen LogP contribution < -0.4 is 10.6 Å². The molecule has 0 saturated carbocycles. The molecule has 4 nitrogen and oxygen atoms in total. The predicted octanol–water partition coefficient (Wildman–Crippen LogP) is 3.09. The Labute approximate surface area is 149 Å². The van der Waals surface area contributed by atoms with Crippen molar-refractivity contribution in [3.63, 3.8) is 0 Å². The number of ether oxygens (including phenoxy) is 1. The van der Waals surface area contributed by atoms with Gasteiger partial charge >= 0.3 is 0 Å². The van der Waals surface area contributed by atoms with E-state index in [2.05, 4.69) is 22.5 Å². The van der Waals surface area contributed by atoms with Crippen LogP contribution in [0.2, 0.25) is 5.02 Å². The second kappa shape index (κ2) is 13.2. The average molecular weight is 426 g/mol. The Morgan fingerprint density at radius 3 is 2.71 bits per heavy atom. The van der Waals surface area contributed by atoms with E-state index in [4.69, 9.17) is 16.3 Å². The van der Waals surface area contributed by atoms with Gasteiger partial charge in [0.05, 0.1) is 0 Å². The summed E-state index contributed by atoms with van der Waals surface area (Å²) in [5.41, 5.74) is 1.15. The number of benzene rings is 1. The molecule has 0 aliphatic rings. The summed E-state index contributed by atoms with van der Waals surface area (Å²) >= 11 is 6.13. The molecule has 1 aromatic rings. The number of hydrogen-bond donors (Lipinski definition) is 2. The Morgan fingerprint density at radius 1 is 1.29 bits per heavy atom. The second-order valence-electron chi connectivity index (χ2n) is 4.38. The molecule has 0 radical (unpaired) electrons. The molecule has 0 bridgehead atoms. The van der Waals surface area contributed by atoms with E-state index in [0.717, 1.165) is 55.6 Å². The van der Waals surface area contributed by atoms with Gasteiger partial charge in [-0.05, 0) is 31.4 Å². The highest BCUT2D eigenvalue weighted by Crippen LogP contribution is 2.14. The first-order chi connectivity index (χ1) is 9.77. The third kappa shape index (κ3) is 9.16. The van der Waals surface area contributed by atoms with Gasteiger partial charge in [-0.25, -0.2) is 0 Å². The summed E-state index contributed by atoms with van der Waals surface area (Å²) in [5, 5.41) is 7.35. The van der Waals surface area contributed by atoms with E-state index in [0.29, 0.717) is 0 Å². The fraction of sp³-hybridized carbons (Fsp3) is 0.533. The van der Waals surface area contributed by atoms with Gasteiger partial charge in [0.2, 0.25) is 0 Å².